The van der Waals surface area contributed by atoms with Crippen molar-refractivity contribution in [1.82, 2.24) is 9.66 Å². The van der Waals surface area contributed by atoms with Crippen LogP contribution in [0.1, 0.15) is 16.8 Å². The summed E-state index contributed by atoms with van der Waals surface area (Å²) in [5.74, 6) is 0.984. The highest BCUT2D eigenvalue weighted by molar-refractivity contribution is 6.31. The standard InChI is InChI=1S/C20H19ClN4O2/c1-14-17(21)9-6-10-18(14)27-13-16-11-19(26)25(20(22-2)24-16)23-12-15-7-4-3-5-8-15/h3-12H,13H2,1-2H3,(H,22,24)/b23-12+. The first-order valence-electron chi connectivity index (χ1n) is 8.36. The zero-order valence-corrected chi connectivity index (χ0v) is 15.8. The molecule has 0 saturated carbocycles. The summed E-state index contributed by atoms with van der Waals surface area (Å²) in [5, 5.41) is 7.75. The number of hydrogen-bond donors (Lipinski definition) is 1. The maximum atomic E-state index is 12.5. The number of benzene rings is 2. The summed E-state index contributed by atoms with van der Waals surface area (Å²) in [6.07, 6.45) is 1.61. The van der Waals surface area contributed by atoms with E-state index >= 15 is 0 Å². The van der Waals surface area contributed by atoms with E-state index < -0.39 is 0 Å². The van der Waals surface area contributed by atoms with Crippen LogP contribution >= 0.6 is 11.6 Å². The molecule has 1 N–H and O–H groups in total. The molecule has 138 valence electrons. The molecule has 0 radical (unpaired) electrons. The van der Waals surface area contributed by atoms with Crippen molar-refractivity contribution in [2.45, 2.75) is 13.5 Å². The first-order chi connectivity index (χ1) is 13.1. The molecular weight excluding hydrogens is 364 g/mol. The Bertz CT molecular complexity index is 1020. The molecule has 3 rings (SSSR count). The fraction of sp³-hybridized carbons (Fsp3) is 0.150. The normalized spacial score (nSPS) is 10.9. The van der Waals surface area contributed by atoms with Crippen molar-refractivity contribution in [3.8, 4) is 5.75 Å². The van der Waals surface area contributed by atoms with Crippen LogP contribution in [0.4, 0.5) is 5.95 Å². The summed E-state index contributed by atoms with van der Waals surface area (Å²) in [5.41, 5.74) is 1.92. The van der Waals surface area contributed by atoms with Gasteiger partial charge in [0.25, 0.3) is 5.56 Å². The van der Waals surface area contributed by atoms with Crippen molar-refractivity contribution >= 4 is 23.8 Å². The second-order valence-electron chi connectivity index (χ2n) is 5.78. The second kappa shape index (κ2) is 8.51. The minimum absolute atomic E-state index is 0.147. The Balaban J connectivity index is 1.82. The quantitative estimate of drug-likeness (QED) is 0.660. The lowest BCUT2D eigenvalue weighted by Crippen LogP contribution is -2.22. The average Bonchev–Trinajstić information content (AvgIpc) is 2.68. The predicted octanol–water partition coefficient (Wildman–Crippen LogP) is 3.71. The first-order valence-corrected chi connectivity index (χ1v) is 8.74. The highest BCUT2D eigenvalue weighted by atomic mass is 35.5. The number of anilines is 1. The van der Waals surface area contributed by atoms with E-state index in [0.29, 0.717) is 22.4 Å². The molecule has 2 aromatic carbocycles. The van der Waals surface area contributed by atoms with Crippen molar-refractivity contribution in [2.75, 3.05) is 12.4 Å². The lowest BCUT2D eigenvalue weighted by atomic mass is 10.2. The van der Waals surface area contributed by atoms with Crippen LogP contribution < -0.4 is 15.6 Å². The Hall–Kier alpha value is -3.12. The van der Waals surface area contributed by atoms with Crippen molar-refractivity contribution in [2.24, 2.45) is 5.10 Å². The van der Waals surface area contributed by atoms with Crippen LogP contribution in [0.3, 0.4) is 0 Å². The molecule has 0 unspecified atom stereocenters. The summed E-state index contributed by atoms with van der Waals surface area (Å²) in [6.45, 7) is 2.02. The van der Waals surface area contributed by atoms with E-state index in [4.69, 9.17) is 16.3 Å². The van der Waals surface area contributed by atoms with Gasteiger partial charge >= 0.3 is 0 Å². The van der Waals surface area contributed by atoms with Gasteiger partial charge in [0.15, 0.2) is 0 Å². The molecule has 0 fully saturated rings. The summed E-state index contributed by atoms with van der Waals surface area (Å²) < 4.78 is 6.98. The molecule has 1 heterocycles. The van der Waals surface area contributed by atoms with Gasteiger partial charge in [0.2, 0.25) is 5.95 Å². The molecule has 7 heteroatoms. The van der Waals surface area contributed by atoms with Gasteiger partial charge in [-0.05, 0) is 24.6 Å². The first kappa shape index (κ1) is 18.7. The third-order valence-corrected chi connectivity index (χ3v) is 4.30. The molecule has 0 amide bonds. The number of aromatic nitrogens is 2. The topological polar surface area (TPSA) is 68.5 Å². The monoisotopic (exact) mass is 382 g/mol. The van der Waals surface area contributed by atoms with Gasteiger partial charge in [-0.3, -0.25) is 4.79 Å². The summed E-state index contributed by atoms with van der Waals surface area (Å²) >= 11 is 6.10. The van der Waals surface area contributed by atoms with E-state index in [-0.39, 0.29) is 12.2 Å². The Kier molecular flexibility index (Phi) is 5.88. The van der Waals surface area contributed by atoms with E-state index in [9.17, 15) is 4.79 Å². The fourth-order valence-electron chi connectivity index (χ4n) is 2.43. The molecule has 0 saturated heterocycles. The lowest BCUT2D eigenvalue weighted by Gasteiger charge is -2.11. The molecule has 0 spiro atoms. The number of nitrogens with zero attached hydrogens (tertiary/aromatic N) is 3. The maximum absolute atomic E-state index is 12.5. The minimum atomic E-state index is -0.303. The third-order valence-electron chi connectivity index (χ3n) is 3.89. The molecule has 0 atom stereocenters. The maximum Gasteiger partial charge on any atom is 0.276 e. The van der Waals surface area contributed by atoms with Gasteiger partial charge in [-0.15, -0.1) is 0 Å². The van der Waals surface area contributed by atoms with Gasteiger partial charge in [-0.2, -0.15) is 9.78 Å². The molecule has 0 bridgehead atoms. The van der Waals surface area contributed by atoms with Crippen molar-refractivity contribution < 1.29 is 4.74 Å². The molecule has 6 nitrogen and oxygen atoms in total. The van der Waals surface area contributed by atoms with Crippen LogP contribution in [0.25, 0.3) is 0 Å². The molecule has 1 aromatic heterocycles. The van der Waals surface area contributed by atoms with Crippen LogP contribution in [-0.2, 0) is 6.61 Å². The van der Waals surface area contributed by atoms with Crippen LogP contribution in [0.2, 0.25) is 5.02 Å². The zero-order chi connectivity index (χ0) is 19.2. The van der Waals surface area contributed by atoms with E-state index in [1.54, 1.807) is 19.3 Å². The van der Waals surface area contributed by atoms with E-state index in [1.807, 2.05) is 49.4 Å². The zero-order valence-electron chi connectivity index (χ0n) is 15.0. The molecule has 0 aliphatic rings. The largest absolute Gasteiger partial charge is 0.487 e. The smallest absolute Gasteiger partial charge is 0.276 e. The van der Waals surface area contributed by atoms with Crippen molar-refractivity contribution in [3.05, 3.63) is 86.8 Å². The van der Waals surface area contributed by atoms with E-state index in [1.165, 1.54) is 10.7 Å². The molecule has 3 aromatic rings. The van der Waals surface area contributed by atoms with Crippen molar-refractivity contribution in [1.29, 1.82) is 0 Å². The minimum Gasteiger partial charge on any atom is -0.487 e. The Morgan fingerprint density at radius 3 is 2.74 bits per heavy atom. The number of hydrogen-bond acceptors (Lipinski definition) is 5. The van der Waals surface area contributed by atoms with Gasteiger partial charge in [0.1, 0.15) is 12.4 Å². The van der Waals surface area contributed by atoms with Gasteiger partial charge in [-0.1, -0.05) is 48.0 Å². The highest BCUT2D eigenvalue weighted by Gasteiger charge is 2.09. The Labute approximate surface area is 162 Å². The van der Waals surface area contributed by atoms with Gasteiger partial charge in [-0.25, -0.2) is 4.98 Å². The molecule has 0 aliphatic carbocycles. The summed E-state index contributed by atoms with van der Waals surface area (Å²) in [7, 11) is 1.68. The fourth-order valence-corrected chi connectivity index (χ4v) is 2.60. The van der Waals surface area contributed by atoms with E-state index in [2.05, 4.69) is 15.4 Å². The van der Waals surface area contributed by atoms with E-state index in [0.717, 1.165) is 11.1 Å². The van der Waals surface area contributed by atoms with Gasteiger partial charge in [0, 0.05) is 23.7 Å². The molecule has 0 aliphatic heterocycles. The van der Waals surface area contributed by atoms with Crippen molar-refractivity contribution in [3.63, 3.8) is 0 Å². The second-order valence-corrected chi connectivity index (χ2v) is 6.19. The third kappa shape index (κ3) is 4.54. The lowest BCUT2D eigenvalue weighted by molar-refractivity contribution is 0.298. The van der Waals surface area contributed by atoms with Crippen LogP contribution in [0.15, 0.2) is 64.5 Å². The molecular formula is C20H19ClN4O2. The number of ether oxygens (including phenoxy) is 1. The Morgan fingerprint density at radius 2 is 2.00 bits per heavy atom. The summed E-state index contributed by atoms with van der Waals surface area (Å²) in [6, 6.07) is 16.4. The highest BCUT2D eigenvalue weighted by Crippen LogP contribution is 2.25. The number of rotatable bonds is 6. The number of halogens is 1. The number of nitrogens with one attached hydrogen (secondary N) is 1. The average molecular weight is 383 g/mol. The van der Waals surface area contributed by atoms with Gasteiger partial charge < -0.3 is 10.1 Å². The van der Waals surface area contributed by atoms with Gasteiger partial charge in [0.05, 0.1) is 11.9 Å². The molecule has 27 heavy (non-hydrogen) atoms. The van der Waals surface area contributed by atoms with Crippen LogP contribution in [0, 0.1) is 6.92 Å². The van der Waals surface area contributed by atoms with Crippen LogP contribution in [-0.4, -0.2) is 22.9 Å². The SMILES string of the molecule is CNc1nc(COc2cccc(Cl)c2C)cc(=O)n1/N=C/c1ccccc1. The summed E-state index contributed by atoms with van der Waals surface area (Å²) in [4.78, 5) is 16.9. The predicted molar refractivity (Wildman–Crippen MR) is 108 cm³/mol. The Morgan fingerprint density at radius 1 is 1.22 bits per heavy atom. The van der Waals surface area contributed by atoms with Crippen LogP contribution in [0.5, 0.6) is 5.75 Å².